The molecule has 0 saturated carbocycles. The highest BCUT2D eigenvalue weighted by Crippen LogP contribution is 2.38. The zero-order valence-electron chi connectivity index (χ0n) is 18.8. The molecular weight excluding hydrogens is 464 g/mol. The number of fused-ring (bicyclic) bond motifs is 1. The van der Waals surface area contributed by atoms with Gasteiger partial charge in [0.05, 0.1) is 17.6 Å². The van der Waals surface area contributed by atoms with Crippen LogP contribution in [-0.2, 0) is 19.7 Å². The van der Waals surface area contributed by atoms with Crippen molar-refractivity contribution in [1.29, 1.82) is 0 Å². The summed E-state index contributed by atoms with van der Waals surface area (Å²) in [7, 11) is 3.34. The van der Waals surface area contributed by atoms with E-state index in [0.717, 1.165) is 0 Å². The van der Waals surface area contributed by atoms with Crippen molar-refractivity contribution >= 4 is 22.6 Å². The second kappa shape index (κ2) is 8.47. The van der Waals surface area contributed by atoms with Crippen molar-refractivity contribution < 1.29 is 5.11 Å². The Morgan fingerprint density at radius 2 is 1.83 bits per heavy atom. The third-order valence-electron chi connectivity index (χ3n) is 6.01. The maximum Gasteiger partial charge on any atom is 0.252 e. The summed E-state index contributed by atoms with van der Waals surface area (Å²) in [6, 6.07) is 15.4. The number of pyridine rings is 3. The molecule has 0 aliphatic carbocycles. The Morgan fingerprint density at radius 1 is 1.06 bits per heavy atom. The van der Waals surface area contributed by atoms with Crippen LogP contribution >= 0.6 is 11.6 Å². The molecule has 0 fully saturated rings. The van der Waals surface area contributed by atoms with Gasteiger partial charge in [0.15, 0.2) is 5.60 Å². The molecule has 8 nitrogen and oxygen atoms in total. The number of halogens is 1. The predicted octanol–water partition coefficient (Wildman–Crippen LogP) is 3.04. The Morgan fingerprint density at radius 3 is 2.51 bits per heavy atom. The summed E-state index contributed by atoms with van der Waals surface area (Å²) in [5.74, 6) is 2.52. The monoisotopic (exact) mass is 482 g/mol. The van der Waals surface area contributed by atoms with E-state index in [1.54, 1.807) is 68.8 Å². The minimum Gasteiger partial charge on any atom is -0.374 e. The largest absolute Gasteiger partial charge is 0.374 e. The molecule has 0 radical (unpaired) electrons. The quantitative estimate of drug-likeness (QED) is 0.395. The number of hydrogen-bond acceptors (Lipinski definition) is 6. The van der Waals surface area contributed by atoms with Gasteiger partial charge < -0.3 is 5.11 Å². The highest BCUT2D eigenvalue weighted by molar-refractivity contribution is 6.30. The summed E-state index contributed by atoms with van der Waals surface area (Å²) in [5.41, 5.74) is 1.48. The van der Waals surface area contributed by atoms with Gasteiger partial charge in [-0.05, 0) is 35.9 Å². The molecule has 5 rings (SSSR count). The number of rotatable bonds is 4. The van der Waals surface area contributed by atoms with Crippen molar-refractivity contribution in [1.82, 2.24) is 29.5 Å². The van der Waals surface area contributed by atoms with Gasteiger partial charge in [-0.2, -0.15) is 0 Å². The highest BCUT2D eigenvalue weighted by Gasteiger charge is 2.38. The van der Waals surface area contributed by atoms with Crippen molar-refractivity contribution in [3.8, 4) is 23.6 Å². The van der Waals surface area contributed by atoms with Gasteiger partial charge in [-0.3, -0.25) is 9.36 Å². The number of aromatic nitrogens is 6. The van der Waals surface area contributed by atoms with Gasteiger partial charge in [0, 0.05) is 47.9 Å². The van der Waals surface area contributed by atoms with E-state index in [4.69, 9.17) is 18.0 Å². The van der Waals surface area contributed by atoms with Crippen LogP contribution in [-0.4, -0.2) is 34.6 Å². The lowest BCUT2D eigenvalue weighted by molar-refractivity contribution is 0.116. The van der Waals surface area contributed by atoms with Crippen LogP contribution in [0, 0.1) is 12.3 Å². The Labute approximate surface area is 205 Å². The normalized spacial score (nSPS) is 12.9. The lowest BCUT2D eigenvalue weighted by Crippen LogP contribution is -2.32. The average molecular weight is 483 g/mol. The van der Waals surface area contributed by atoms with Crippen LogP contribution in [0.2, 0.25) is 5.02 Å². The van der Waals surface area contributed by atoms with Crippen LogP contribution in [0.1, 0.15) is 22.5 Å². The molecule has 0 spiro atoms. The van der Waals surface area contributed by atoms with Gasteiger partial charge >= 0.3 is 0 Å². The lowest BCUT2D eigenvalue weighted by atomic mass is 9.84. The fourth-order valence-corrected chi connectivity index (χ4v) is 4.30. The molecule has 0 aliphatic rings. The zero-order chi connectivity index (χ0) is 24.7. The van der Waals surface area contributed by atoms with Gasteiger partial charge in [-0.1, -0.05) is 40.9 Å². The summed E-state index contributed by atoms with van der Waals surface area (Å²) in [5, 5.41) is 21.3. The van der Waals surface area contributed by atoms with Crippen LogP contribution in [0.3, 0.4) is 0 Å². The lowest BCUT2D eigenvalue weighted by Gasteiger charge is -2.29. The van der Waals surface area contributed by atoms with E-state index < -0.39 is 5.60 Å². The Hall–Kier alpha value is -4.32. The van der Waals surface area contributed by atoms with Crippen LogP contribution < -0.4 is 5.56 Å². The zero-order valence-corrected chi connectivity index (χ0v) is 19.6. The first-order valence-corrected chi connectivity index (χ1v) is 11.0. The van der Waals surface area contributed by atoms with Crippen LogP contribution in [0.25, 0.3) is 22.3 Å². The number of hydrogen-bond donors (Lipinski definition) is 1. The first kappa shape index (κ1) is 22.5. The molecule has 1 aromatic carbocycles. The maximum absolute atomic E-state index is 12.7. The molecule has 9 heteroatoms. The van der Waals surface area contributed by atoms with Crippen LogP contribution in [0.15, 0.2) is 71.8 Å². The SMILES string of the molecule is C#Cc1cccc(-c2cc(=O)n(C)c3ncc(C(O)(c4ccc(Cl)cc4)c4cnnn4C)cc23)n1. The third-order valence-corrected chi connectivity index (χ3v) is 6.26. The fraction of sp³-hybridized carbons (Fsp3) is 0.115. The summed E-state index contributed by atoms with van der Waals surface area (Å²) in [6.07, 6.45) is 8.58. The Kier molecular flexibility index (Phi) is 5.44. The van der Waals surface area contributed by atoms with Crippen molar-refractivity contribution in [2.24, 2.45) is 14.1 Å². The first-order valence-electron chi connectivity index (χ1n) is 10.6. The molecule has 1 N–H and O–H groups in total. The number of aryl methyl sites for hydroxylation is 2. The number of aliphatic hydroxyl groups is 1. The molecule has 5 aromatic rings. The van der Waals surface area contributed by atoms with Crippen LogP contribution in [0.4, 0.5) is 0 Å². The summed E-state index contributed by atoms with van der Waals surface area (Å²) in [6.45, 7) is 0. The van der Waals surface area contributed by atoms with Gasteiger partial charge in [0.1, 0.15) is 11.3 Å². The van der Waals surface area contributed by atoms with Crippen molar-refractivity contribution in [3.63, 3.8) is 0 Å². The Bertz CT molecular complexity index is 1680. The summed E-state index contributed by atoms with van der Waals surface area (Å²) in [4.78, 5) is 21.8. The predicted molar refractivity (Wildman–Crippen MR) is 133 cm³/mol. The molecule has 0 saturated heterocycles. The van der Waals surface area contributed by atoms with Gasteiger partial charge in [0.2, 0.25) is 0 Å². The minimum atomic E-state index is -1.66. The molecular formula is C26H19ClN6O2. The standard InChI is InChI=1S/C26H19ClN6O2/c1-4-19-6-5-7-22(30-19)20-13-24(34)32(2)25-21(20)12-17(14-28-25)26(35,23-15-29-31-33(23)3)16-8-10-18(27)11-9-16/h1,5-15,35H,2-3H3. The number of terminal acetylenes is 1. The Balaban J connectivity index is 1.84. The summed E-state index contributed by atoms with van der Waals surface area (Å²) < 4.78 is 2.94. The van der Waals surface area contributed by atoms with Crippen molar-refractivity contribution in [2.45, 2.75) is 5.60 Å². The molecule has 4 heterocycles. The topological polar surface area (TPSA) is 98.7 Å². The molecule has 1 atom stereocenters. The van der Waals surface area contributed by atoms with Crippen LogP contribution in [0.5, 0.6) is 0 Å². The highest BCUT2D eigenvalue weighted by atomic mass is 35.5. The van der Waals surface area contributed by atoms with E-state index in [2.05, 4.69) is 26.2 Å². The van der Waals surface area contributed by atoms with E-state index in [0.29, 0.717) is 49.8 Å². The molecule has 4 aromatic heterocycles. The van der Waals surface area contributed by atoms with E-state index >= 15 is 0 Å². The van der Waals surface area contributed by atoms with E-state index in [9.17, 15) is 9.90 Å². The molecule has 0 aliphatic heterocycles. The smallest absolute Gasteiger partial charge is 0.252 e. The average Bonchev–Trinajstić information content (AvgIpc) is 3.32. The second-order valence-corrected chi connectivity index (χ2v) is 8.50. The first-order chi connectivity index (χ1) is 16.8. The molecule has 0 amide bonds. The fourth-order valence-electron chi connectivity index (χ4n) is 4.17. The maximum atomic E-state index is 12.7. The van der Waals surface area contributed by atoms with E-state index in [1.165, 1.54) is 21.5 Å². The minimum absolute atomic E-state index is 0.246. The molecule has 1 unspecified atom stereocenters. The van der Waals surface area contributed by atoms with E-state index in [-0.39, 0.29) is 5.56 Å². The van der Waals surface area contributed by atoms with Crippen molar-refractivity contribution in [2.75, 3.05) is 0 Å². The van der Waals surface area contributed by atoms with E-state index in [1.807, 2.05) is 0 Å². The molecule has 0 bridgehead atoms. The van der Waals surface area contributed by atoms with Crippen molar-refractivity contribution in [3.05, 3.63) is 105 Å². The number of nitrogens with zero attached hydrogens (tertiary/aromatic N) is 6. The third kappa shape index (κ3) is 3.67. The van der Waals surface area contributed by atoms with Gasteiger partial charge in [-0.25, -0.2) is 14.6 Å². The van der Waals surface area contributed by atoms with Gasteiger partial charge in [-0.15, -0.1) is 11.5 Å². The number of benzene rings is 1. The second-order valence-electron chi connectivity index (χ2n) is 8.06. The molecule has 172 valence electrons. The molecule has 35 heavy (non-hydrogen) atoms. The van der Waals surface area contributed by atoms with Gasteiger partial charge in [0.25, 0.3) is 5.56 Å². The summed E-state index contributed by atoms with van der Waals surface area (Å²) >= 11 is 6.11.